The fourth-order valence-electron chi connectivity index (χ4n) is 2.98. The number of ketones is 1. The van der Waals surface area contributed by atoms with Gasteiger partial charge < -0.3 is 10.2 Å². The van der Waals surface area contributed by atoms with E-state index in [0.29, 0.717) is 5.56 Å². The number of para-hydroxylation sites is 1. The van der Waals surface area contributed by atoms with E-state index in [9.17, 15) is 4.79 Å². The maximum atomic E-state index is 12.6. The zero-order valence-corrected chi connectivity index (χ0v) is 13.4. The van der Waals surface area contributed by atoms with E-state index in [4.69, 9.17) is 4.99 Å². The molecule has 3 heterocycles. The van der Waals surface area contributed by atoms with Crippen LogP contribution in [0.2, 0.25) is 0 Å². The first-order valence-electron chi connectivity index (χ1n) is 7.92. The molecule has 6 nitrogen and oxygen atoms in total. The number of carbonyl (C=O) groups excluding carboxylic acids is 1. The molecule has 1 aromatic heterocycles. The van der Waals surface area contributed by atoms with Crippen LogP contribution in [-0.2, 0) is 0 Å². The standard InChI is InChI=1S/C18H17N5O/c1-19-16-7-6-12(11-21-16)15(24)10-17-22-14-5-3-2-4-13(14)18-20-8-9-23(17)18/h2-7,11H,8-10H2,1H3,(H,19,21). The van der Waals surface area contributed by atoms with Crippen molar-refractivity contribution in [2.75, 3.05) is 25.5 Å². The van der Waals surface area contributed by atoms with Crippen LogP contribution in [0, 0.1) is 0 Å². The number of aromatic nitrogens is 1. The normalized spacial score (nSPS) is 15.3. The topological polar surface area (TPSA) is 70.0 Å². The van der Waals surface area contributed by atoms with Crippen LogP contribution in [0.4, 0.5) is 11.5 Å². The average Bonchev–Trinajstić information content (AvgIpc) is 3.12. The summed E-state index contributed by atoms with van der Waals surface area (Å²) in [6.45, 7) is 1.50. The molecule has 2 aliphatic heterocycles. The monoisotopic (exact) mass is 319 g/mol. The van der Waals surface area contributed by atoms with Crippen molar-refractivity contribution < 1.29 is 4.79 Å². The number of hydrogen-bond donors (Lipinski definition) is 1. The van der Waals surface area contributed by atoms with Gasteiger partial charge in [0, 0.05) is 30.9 Å². The molecule has 1 N–H and O–H groups in total. The van der Waals surface area contributed by atoms with Gasteiger partial charge in [-0.2, -0.15) is 0 Å². The summed E-state index contributed by atoms with van der Waals surface area (Å²) in [5.74, 6) is 2.43. The fraction of sp³-hybridized carbons (Fsp3) is 0.222. The van der Waals surface area contributed by atoms with Gasteiger partial charge in [0.2, 0.25) is 0 Å². The molecule has 2 aromatic rings. The van der Waals surface area contributed by atoms with Crippen LogP contribution in [-0.4, -0.2) is 47.5 Å². The molecule has 0 saturated heterocycles. The van der Waals surface area contributed by atoms with Gasteiger partial charge in [-0.15, -0.1) is 0 Å². The first-order chi connectivity index (χ1) is 11.8. The molecule has 1 aromatic carbocycles. The molecule has 4 rings (SSSR count). The van der Waals surface area contributed by atoms with E-state index in [-0.39, 0.29) is 12.2 Å². The third-order valence-electron chi connectivity index (χ3n) is 4.21. The van der Waals surface area contributed by atoms with Crippen molar-refractivity contribution in [3.8, 4) is 0 Å². The van der Waals surface area contributed by atoms with Crippen LogP contribution in [0.5, 0.6) is 0 Å². The highest BCUT2D eigenvalue weighted by Gasteiger charge is 2.30. The second-order valence-electron chi connectivity index (χ2n) is 5.68. The number of benzene rings is 1. The number of anilines is 1. The number of nitrogens with zero attached hydrogens (tertiary/aromatic N) is 4. The molecule has 2 aliphatic rings. The Bertz CT molecular complexity index is 854. The van der Waals surface area contributed by atoms with Crippen molar-refractivity contribution in [2.24, 2.45) is 9.98 Å². The van der Waals surface area contributed by atoms with E-state index in [1.54, 1.807) is 25.4 Å². The minimum absolute atomic E-state index is 0.00883. The molecule has 0 bridgehead atoms. The summed E-state index contributed by atoms with van der Waals surface area (Å²) in [5.41, 5.74) is 2.50. The first kappa shape index (κ1) is 14.6. The molecule has 120 valence electrons. The fourth-order valence-corrected chi connectivity index (χ4v) is 2.98. The van der Waals surface area contributed by atoms with Crippen molar-refractivity contribution in [2.45, 2.75) is 6.42 Å². The predicted octanol–water partition coefficient (Wildman–Crippen LogP) is 2.50. The molecule has 0 amide bonds. The van der Waals surface area contributed by atoms with Crippen LogP contribution in [0.1, 0.15) is 22.3 Å². The van der Waals surface area contributed by atoms with Crippen LogP contribution in [0.3, 0.4) is 0 Å². The lowest BCUT2D eigenvalue weighted by Crippen LogP contribution is -2.38. The number of pyridine rings is 1. The lowest BCUT2D eigenvalue weighted by Gasteiger charge is -2.27. The Hall–Kier alpha value is -3.02. The highest BCUT2D eigenvalue weighted by Crippen LogP contribution is 2.29. The number of nitrogens with one attached hydrogen (secondary N) is 1. The van der Waals surface area contributed by atoms with Crippen molar-refractivity contribution in [3.63, 3.8) is 0 Å². The molecule has 0 unspecified atom stereocenters. The van der Waals surface area contributed by atoms with E-state index in [1.807, 2.05) is 24.3 Å². The number of hydrogen-bond acceptors (Lipinski definition) is 6. The van der Waals surface area contributed by atoms with Gasteiger partial charge in [-0.05, 0) is 24.3 Å². The Morgan fingerprint density at radius 1 is 1.25 bits per heavy atom. The Kier molecular flexibility index (Phi) is 3.57. The Morgan fingerprint density at radius 3 is 2.92 bits per heavy atom. The number of carbonyl (C=O) groups is 1. The number of Topliss-reactive ketones (excluding diaryl/α,β-unsaturated/α-hetero) is 1. The molecule has 0 aliphatic carbocycles. The molecule has 24 heavy (non-hydrogen) atoms. The highest BCUT2D eigenvalue weighted by molar-refractivity contribution is 6.20. The lowest BCUT2D eigenvalue weighted by atomic mass is 10.1. The Balaban J connectivity index is 1.63. The van der Waals surface area contributed by atoms with Crippen molar-refractivity contribution >= 4 is 29.0 Å². The summed E-state index contributed by atoms with van der Waals surface area (Å²) < 4.78 is 0. The maximum absolute atomic E-state index is 12.6. The van der Waals surface area contributed by atoms with Gasteiger partial charge in [-0.25, -0.2) is 9.98 Å². The molecule has 0 spiro atoms. The number of fused-ring (bicyclic) bond motifs is 3. The van der Waals surface area contributed by atoms with E-state index in [1.165, 1.54) is 0 Å². The number of aliphatic imine (C=N–C) groups is 2. The first-order valence-corrected chi connectivity index (χ1v) is 7.92. The van der Waals surface area contributed by atoms with Crippen molar-refractivity contribution in [1.29, 1.82) is 0 Å². The smallest absolute Gasteiger partial charge is 0.171 e. The predicted molar refractivity (Wildman–Crippen MR) is 94.4 cm³/mol. The van der Waals surface area contributed by atoms with Crippen LogP contribution in [0.25, 0.3) is 0 Å². The lowest BCUT2D eigenvalue weighted by molar-refractivity contribution is 0.0998. The zero-order valence-electron chi connectivity index (χ0n) is 13.4. The van der Waals surface area contributed by atoms with E-state index in [2.05, 4.69) is 20.2 Å². The van der Waals surface area contributed by atoms with Crippen LogP contribution >= 0.6 is 0 Å². The van der Waals surface area contributed by atoms with E-state index in [0.717, 1.165) is 41.8 Å². The Morgan fingerprint density at radius 2 is 2.12 bits per heavy atom. The minimum atomic E-state index is 0.00883. The second kappa shape index (κ2) is 5.88. The van der Waals surface area contributed by atoms with Gasteiger partial charge in [-0.1, -0.05) is 12.1 Å². The molecule has 6 heteroatoms. The third-order valence-corrected chi connectivity index (χ3v) is 4.21. The summed E-state index contributed by atoms with van der Waals surface area (Å²) in [6, 6.07) is 11.5. The second-order valence-corrected chi connectivity index (χ2v) is 5.68. The maximum Gasteiger partial charge on any atom is 0.171 e. The highest BCUT2D eigenvalue weighted by atomic mass is 16.1. The minimum Gasteiger partial charge on any atom is -0.373 e. The molecular weight excluding hydrogens is 302 g/mol. The van der Waals surface area contributed by atoms with Gasteiger partial charge in [0.05, 0.1) is 18.7 Å². The quantitative estimate of drug-likeness (QED) is 0.879. The van der Waals surface area contributed by atoms with E-state index < -0.39 is 0 Å². The largest absolute Gasteiger partial charge is 0.373 e. The summed E-state index contributed by atoms with van der Waals surface area (Å²) in [4.78, 5) is 28.1. The SMILES string of the molecule is CNc1ccc(C(=O)CC2=Nc3ccccc3C3=NCCN23)cn1. The van der Waals surface area contributed by atoms with E-state index >= 15 is 0 Å². The van der Waals surface area contributed by atoms with Crippen molar-refractivity contribution in [1.82, 2.24) is 9.88 Å². The number of amidine groups is 2. The van der Waals surface area contributed by atoms with Gasteiger partial charge in [0.25, 0.3) is 0 Å². The van der Waals surface area contributed by atoms with Crippen LogP contribution < -0.4 is 5.32 Å². The van der Waals surface area contributed by atoms with Gasteiger partial charge in [-0.3, -0.25) is 9.79 Å². The summed E-state index contributed by atoms with van der Waals surface area (Å²) in [6.07, 6.45) is 1.85. The molecular formula is C18H17N5O. The summed E-state index contributed by atoms with van der Waals surface area (Å²) in [5, 5.41) is 2.95. The van der Waals surface area contributed by atoms with Gasteiger partial charge in [0.1, 0.15) is 17.5 Å². The average molecular weight is 319 g/mol. The molecule has 0 fully saturated rings. The summed E-state index contributed by atoms with van der Waals surface area (Å²) >= 11 is 0. The van der Waals surface area contributed by atoms with Gasteiger partial charge >= 0.3 is 0 Å². The molecule has 0 radical (unpaired) electrons. The van der Waals surface area contributed by atoms with Crippen LogP contribution in [0.15, 0.2) is 52.6 Å². The third kappa shape index (κ3) is 2.46. The molecule has 0 saturated carbocycles. The summed E-state index contributed by atoms with van der Waals surface area (Å²) in [7, 11) is 1.80. The van der Waals surface area contributed by atoms with Gasteiger partial charge in [0.15, 0.2) is 5.78 Å². The number of rotatable bonds is 4. The Labute approximate surface area is 140 Å². The molecule has 0 atom stereocenters. The van der Waals surface area contributed by atoms with Crippen molar-refractivity contribution in [3.05, 3.63) is 53.7 Å². The zero-order chi connectivity index (χ0) is 16.5.